The van der Waals surface area contributed by atoms with Gasteiger partial charge in [-0.25, -0.2) is 0 Å². The summed E-state index contributed by atoms with van der Waals surface area (Å²) in [7, 11) is 0. The SMILES string of the molecule is Cc1ccc(C2C3=C(CC(C)(C)CC3=O)OC3=C2C(=O)CC(C)(C)C3)cc1C. The predicted molar refractivity (Wildman–Crippen MR) is 110 cm³/mol. The number of aryl methyl sites for hydroxylation is 2. The van der Waals surface area contributed by atoms with Crippen LogP contribution < -0.4 is 0 Å². The fourth-order valence-corrected chi connectivity index (χ4v) is 4.95. The van der Waals surface area contributed by atoms with Gasteiger partial charge in [0.25, 0.3) is 0 Å². The van der Waals surface area contributed by atoms with Crippen molar-refractivity contribution in [1.29, 1.82) is 0 Å². The molecule has 0 saturated carbocycles. The Hall–Kier alpha value is -2.16. The molecule has 1 aliphatic heterocycles. The number of ether oxygens (including phenoxy) is 1. The van der Waals surface area contributed by atoms with Crippen LogP contribution in [0.5, 0.6) is 0 Å². The topological polar surface area (TPSA) is 43.4 Å². The Morgan fingerprint density at radius 2 is 1.29 bits per heavy atom. The summed E-state index contributed by atoms with van der Waals surface area (Å²) in [6.07, 6.45) is 2.47. The van der Waals surface area contributed by atoms with Gasteiger partial charge in [0, 0.05) is 42.7 Å². The van der Waals surface area contributed by atoms with Crippen LogP contribution in [0, 0.1) is 24.7 Å². The van der Waals surface area contributed by atoms with Crippen molar-refractivity contribution >= 4 is 11.6 Å². The molecule has 0 amide bonds. The zero-order chi connectivity index (χ0) is 20.4. The van der Waals surface area contributed by atoms with Crippen molar-refractivity contribution in [2.45, 2.75) is 73.1 Å². The van der Waals surface area contributed by atoms with E-state index in [9.17, 15) is 9.59 Å². The number of carbonyl (C=O) groups is 2. The summed E-state index contributed by atoms with van der Waals surface area (Å²) >= 11 is 0. The Labute approximate surface area is 167 Å². The molecule has 1 aromatic carbocycles. The monoisotopic (exact) mass is 378 g/mol. The van der Waals surface area contributed by atoms with Crippen molar-refractivity contribution in [3.8, 4) is 0 Å². The van der Waals surface area contributed by atoms with Gasteiger partial charge in [-0.3, -0.25) is 9.59 Å². The molecule has 148 valence electrons. The minimum Gasteiger partial charge on any atom is -0.465 e. The Morgan fingerprint density at radius 1 is 0.786 bits per heavy atom. The Kier molecular flexibility index (Phi) is 4.22. The summed E-state index contributed by atoms with van der Waals surface area (Å²) in [6, 6.07) is 6.31. The normalized spacial score (nSPS) is 24.1. The molecule has 0 saturated heterocycles. The molecule has 3 aliphatic rings. The van der Waals surface area contributed by atoms with E-state index in [1.165, 1.54) is 11.1 Å². The molecular weight excluding hydrogens is 348 g/mol. The van der Waals surface area contributed by atoms with Crippen LogP contribution in [0.25, 0.3) is 0 Å². The van der Waals surface area contributed by atoms with E-state index < -0.39 is 0 Å². The number of hydrogen-bond donors (Lipinski definition) is 0. The molecule has 0 unspecified atom stereocenters. The molecule has 0 fully saturated rings. The lowest BCUT2D eigenvalue weighted by molar-refractivity contribution is -0.120. The smallest absolute Gasteiger partial charge is 0.163 e. The van der Waals surface area contributed by atoms with Gasteiger partial charge in [-0.05, 0) is 41.4 Å². The van der Waals surface area contributed by atoms with E-state index in [1.54, 1.807) is 0 Å². The third-order valence-corrected chi connectivity index (χ3v) is 6.45. The Bertz CT molecular complexity index is 904. The van der Waals surface area contributed by atoms with E-state index in [1.807, 2.05) is 0 Å². The molecule has 0 bridgehead atoms. The van der Waals surface area contributed by atoms with Gasteiger partial charge >= 0.3 is 0 Å². The van der Waals surface area contributed by atoms with Gasteiger partial charge < -0.3 is 4.74 Å². The van der Waals surface area contributed by atoms with Gasteiger partial charge in [0.05, 0.1) is 0 Å². The van der Waals surface area contributed by atoms with Crippen molar-refractivity contribution in [1.82, 2.24) is 0 Å². The highest BCUT2D eigenvalue weighted by Gasteiger charge is 2.47. The summed E-state index contributed by atoms with van der Waals surface area (Å²) in [5.41, 5.74) is 4.63. The van der Waals surface area contributed by atoms with Crippen molar-refractivity contribution in [3.63, 3.8) is 0 Å². The number of carbonyl (C=O) groups excluding carboxylic acids is 2. The van der Waals surface area contributed by atoms with E-state index in [4.69, 9.17) is 4.74 Å². The standard InChI is InChI=1S/C25H30O3/c1-14-7-8-16(9-15(14)2)21-22-17(26)10-24(3,4)12-19(22)28-20-13-25(5,6)11-18(27)23(20)21/h7-9,21H,10-13H2,1-6H3. The molecule has 4 rings (SSSR count). The fraction of sp³-hybridized carbons (Fsp3) is 0.520. The Balaban J connectivity index is 1.93. The second kappa shape index (κ2) is 6.17. The van der Waals surface area contributed by atoms with Crippen LogP contribution in [-0.4, -0.2) is 11.6 Å². The molecule has 0 spiro atoms. The van der Waals surface area contributed by atoms with Crippen LogP contribution in [0.2, 0.25) is 0 Å². The fourth-order valence-electron chi connectivity index (χ4n) is 4.95. The van der Waals surface area contributed by atoms with E-state index in [-0.39, 0.29) is 28.3 Å². The summed E-state index contributed by atoms with van der Waals surface area (Å²) in [6.45, 7) is 12.6. The summed E-state index contributed by atoms with van der Waals surface area (Å²) in [4.78, 5) is 26.4. The molecule has 3 nitrogen and oxygen atoms in total. The molecule has 0 aromatic heterocycles. The van der Waals surface area contributed by atoms with Gasteiger partial charge in [-0.2, -0.15) is 0 Å². The van der Waals surface area contributed by atoms with Crippen molar-refractivity contribution < 1.29 is 14.3 Å². The van der Waals surface area contributed by atoms with Gasteiger partial charge in [0.15, 0.2) is 11.6 Å². The van der Waals surface area contributed by atoms with Crippen molar-refractivity contribution in [2.75, 3.05) is 0 Å². The first-order valence-corrected chi connectivity index (χ1v) is 10.2. The zero-order valence-electron chi connectivity index (χ0n) is 17.9. The first kappa shape index (κ1) is 19.2. The lowest BCUT2D eigenvalue weighted by Crippen LogP contribution is -2.37. The van der Waals surface area contributed by atoms with E-state index in [2.05, 4.69) is 59.7 Å². The molecule has 28 heavy (non-hydrogen) atoms. The number of hydrogen-bond acceptors (Lipinski definition) is 3. The third kappa shape index (κ3) is 3.15. The van der Waals surface area contributed by atoms with Crippen LogP contribution in [0.15, 0.2) is 40.9 Å². The lowest BCUT2D eigenvalue weighted by Gasteiger charge is -2.42. The highest BCUT2D eigenvalue weighted by Crippen LogP contribution is 2.53. The quantitative estimate of drug-likeness (QED) is 0.629. The maximum Gasteiger partial charge on any atom is 0.163 e. The van der Waals surface area contributed by atoms with Crippen LogP contribution in [0.4, 0.5) is 0 Å². The van der Waals surface area contributed by atoms with Gasteiger partial charge in [-0.1, -0.05) is 45.9 Å². The number of rotatable bonds is 1. The largest absolute Gasteiger partial charge is 0.465 e. The maximum atomic E-state index is 13.2. The number of allylic oxidation sites excluding steroid dienone is 4. The van der Waals surface area contributed by atoms with Crippen molar-refractivity contribution in [2.24, 2.45) is 10.8 Å². The van der Waals surface area contributed by atoms with Gasteiger partial charge in [-0.15, -0.1) is 0 Å². The van der Waals surface area contributed by atoms with Crippen LogP contribution in [0.1, 0.15) is 76.0 Å². The highest BCUT2D eigenvalue weighted by atomic mass is 16.5. The average Bonchev–Trinajstić information content (AvgIpc) is 2.53. The van der Waals surface area contributed by atoms with E-state index in [0.29, 0.717) is 12.8 Å². The van der Waals surface area contributed by atoms with Crippen molar-refractivity contribution in [3.05, 3.63) is 57.6 Å². The third-order valence-electron chi connectivity index (χ3n) is 6.45. The molecule has 0 atom stereocenters. The van der Waals surface area contributed by atoms with Gasteiger partial charge in [0.1, 0.15) is 11.5 Å². The molecule has 1 heterocycles. The van der Waals surface area contributed by atoms with Crippen LogP contribution in [0.3, 0.4) is 0 Å². The highest BCUT2D eigenvalue weighted by molar-refractivity contribution is 6.06. The number of benzene rings is 1. The van der Waals surface area contributed by atoms with Crippen LogP contribution >= 0.6 is 0 Å². The number of Topliss-reactive ketones (excluding diaryl/α,β-unsaturated/α-hetero) is 2. The number of ketones is 2. The summed E-state index contributed by atoms with van der Waals surface area (Å²) < 4.78 is 6.33. The Morgan fingerprint density at radius 3 is 1.75 bits per heavy atom. The minimum absolute atomic E-state index is 0.115. The summed E-state index contributed by atoms with van der Waals surface area (Å²) in [5.74, 6) is 1.53. The maximum absolute atomic E-state index is 13.2. The molecule has 1 aromatic rings. The second-order valence-electron chi connectivity index (χ2n) is 10.4. The molecule has 3 heteroatoms. The van der Waals surface area contributed by atoms with E-state index >= 15 is 0 Å². The molecular formula is C25H30O3. The predicted octanol–water partition coefficient (Wildman–Crippen LogP) is 5.70. The average molecular weight is 379 g/mol. The molecule has 2 aliphatic carbocycles. The van der Waals surface area contributed by atoms with Gasteiger partial charge in [0.2, 0.25) is 0 Å². The second-order valence-corrected chi connectivity index (χ2v) is 10.4. The first-order valence-electron chi connectivity index (χ1n) is 10.2. The minimum atomic E-state index is -0.287. The zero-order valence-corrected chi connectivity index (χ0v) is 17.9. The molecule has 0 N–H and O–H groups in total. The van der Waals surface area contributed by atoms with Crippen LogP contribution in [-0.2, 0) is 14.3 Å². The first-order chi connectivity index (χ1) is 13.0. The summed E-state index contributed by atoms with van der Waals surface area (Å²) in [5, 5.41) is 0. The van der Waals surface area contributed by atoms with E-state index in [0.717, 1.165) is 41.1 Å². The lowest BCUT2D eigenvalue weighted by atomic mass is 9.65. The molecule has 0 radical (unpaired) electrons.